The number of carbonyl (C=O) groups is 1. The molecule has 104 valence electrons. The van der Waals surface area contributed by atoms with Crippen LogP contribution in [-0.2, 0) is 17.9 Å². The molecule has 0 heterocycles. The van der Waals surface area contributed by atoms with Gasteiger partial charge in [0.05, 0.1) is 0 Å². The topological polar surface area (TPSA) is 41.1 Å². The van der Waals surface area contributed by atoms with Gasteiger partial charge in [-0.1, -0.05) is 36.4 Å². The van der Waals surface area contributed by atoms with Gasteiger partial charge in [0.1, 0.15) is 5.82 Å². The Kier molecular flexibility index (Phi) is 4.85. The zero-order valence-electron chi connectivity index (χ0n) is 11.3. The van der Waals surface area contributed by atoms with Crippen molar-refractivity contribution in [1.82, 2.24) is 5.32 Å². The molecule has 0 saturated carbocycles. The van der Waals surface area contributed by atoms with Crippen LogP contribution in [0.2, 0.25) is 0 Å². The third kappa shape index (κ3) is 3.90. The molecule has 0 spiro atoms. The first-order chi connectivity index (χ1) is 9.66. The van der Waals surface area contributed by atoms with E-state index < -0.39 is 0 Å². The maximum Gasteiger partial charge on any atom is 0.221 e. The van der Waals surface area contributed by atoms with Crippen LogP contribution in [0.25, 0.3) is 0 Å². The summed E-state index contributed by atoms with van der Waals surface area (Å²) in [6.45, 7) is 2.48. The predicted molar refractivity (Wildman–Crippen MR) is 77.7 cm³/mol. The highest BCUT2D eigenvalue weighted by molar-refractivity contribution is 5.89. The zero-order valence-corrected chi connectivity index (χ0v) is 11.3. The lowest BCUT2D eigenvalue weighted by molar-refractivity contribution is -0.114. The van der Waals surface area contributed by atoms with Gasteiger partial charge < -0.3 is 10.6 Å². The number of hydrogen-bond acceptors (Lipinski definition) is 2. The van der Waals surface area contributed by atoms with Gasteiger partial charge in [-0.15, -0.1) is 0 Å². The molecule has 0 aliphatic carbocycles. The fraction of sp³-hybridized carbons (Fsp3) is 0.188. The quantitative estimate of drug-likeness (QED) is 0.878. The summed E-state index contributed by atoms with van der Waals surface area (Å²) in [7, 11) is 0. The third-order valence-corrected chi connectivity index (χ3v) is 2.92. The SMILES string of the molecule is CC(=O)Nc1ccccc1CNCc1ccccc1F. The smallest absolute Gasteiger partial charge is 0.221 e. The lowest BCUT2D eigenvalue weighted by Gasteiger charge is -2.11. The van der Waals surface area contributed by atoms with Gasteiger partial charge in [0.15, 0.2) is 0 Å². The van der Waals surface area contributed by atoms with Crippen LogP contribution in [0, 0.1) is 5.82 Å². The van der Waals surface area contributed by atoms with E-state index in [2.05, 4.69) is 10.6 Å². The molecule has 0 saturated heterocycles. The van der Waals surface area contributed by atoms with Gasteiger partial charge in [-0.3, -0.25) is 4.79 Å². The molecule has 0 fully saturated rings. The Bertz CT molecular complexity index is 599. The molecule has 2 rings (SSSR count). The van der Waals surface area contributed by atoms with Gasteiger partial charge >= 0.3 is 0 Å². The Morgan fingerprint density at radius 3 is 2.30 bits per heavy atom. The molecule has 4 heteroatoms. The van der Waals surface area contributed by atoms with Gasteiger partial charge in [0.2, 0.25) is 5.91 Å². The second kappa shape index (κ2) is 6.82. The Hall–Kier alpha value is -2.20. The normalized spacial score (nSPS) is 10.3. The fourth-order valence-electron chi connectivity index (χ4n) is 1.96. The Morgan fingerprint density at radius 1 is 1.00 bits per heavy atom. The molecule has 20 heavy (non-hydrogen) atoms. The van der Waals surface area contributed by atoms with Crippen molar-refractivity contribution < 1.29 is 9.18 Å². The maximum absolute atomic E-state index is 13.5. The van der Waals surface area contributed by atoms with Crippen molar-refractivity contribution >= 4 is 11.6 Å². The summed E-state index contributed by atoms with van der Waals surface area (Å²) < 4.78 is 13.5. The Morgan fingerprint density at radius 2 is 1.60 bits per heavy atom. The summed E-state index contributed by atoms with van der Waals surface area (Å²) in [5, 5.41) is 5.96. The van der Waals surface area contributed by atoms with Crippen LogP contribution in [0.15, 0.2) is 48.5 Å². The van der Waals surface area contributed by atoms with Crippen LogP contribution in [-0.4, -0.2) is 5.91 Å². The van der Waals surface area contributed by atoms with Crippen molar-refractivity contribution in [3.05, 3.63) is 65.5 Å². The summed E-state index contributed by atoms with van der Waals surface area (Å²) in [6.07, 6.45) is 0. The van der Waals surface area contributed by atoms with Crippen molar-refractivity contribution in [2.45, 2.75) is 20.0 Å². The van der Waals surface area contributed by atoms with Crippen LogP contribution >= 0.6 is 0 Å². The van der Waals surface area contributed by atoms with Crippen LogP contribution < -0.4 is 10.6 Å². The molecule has 0 aliphatic heterocycles. The zero-order chi connectivity index (χ0) is 14.4. The van der Waals surface area contributed by atoms with E-state index in [-0.39, 0.29) is 11.7 Å². The minimum atomic E-state index is -0.213. The van der Waals surface area contributed by atoms with Gasteiger partial charge in [0, 0.05) is 31.3 Å². The minimum Gasteiger partial charge on any atom is -0.326 e. The molecular weight excluding hydrogens is 255 g/mol. The number of carbonyl (C=O) groups excluding carboxylic acids is 1. The van der Waals surface area contributed by atoms with E-state index in [1.807, 2.05) is 30.3 Å². The van der Waals surface area contributed by atoms with Crippen molar-refractivity contribution in [2.75, 3.05) is 5.32 Å². The lowest BCUT2D eigenvalue weighted by atomic mass is 10.1. The molecule has 3 nitrogen and oxygen atoms in total. The largest absolute Gasteiger partial charge is 0.326 e. The van der Waals surface area contributed by atoms with Crippen LogP contribution in [0.4, 0.5) is 10.1 Å². The van der Waals surface area contributed by atoms with Gasteiger partial charge in [-0.2, -0.15) is 0 Å². The van der Waals surface area contributed by atoms with E-state index in [1.165, 1.54) is 13.0 Å². The standard InChI is InChI=1S/C16H17FN2O/c1-12(20)19-16-9-5-3-7-14(16)11-18-10-13-6-2-4-8-15(13)17/h2-9,18H,10-11H2,1H3,(H,19,20). The number of nitrogens with one attached hydrogen (secondary N) is 2. The highest BCUT2D eigenvalue weighted by Gasteiger charge is 2.04. The molecule has 2 N–H and O–H groups in total. The van der Waals surface area contributed by atoms with E-state index in [0.717, 1.165) is 11.3 Å². The molecular formula is C16H17FN2O. The number of amides is 1. The summed E-state index contributed by atoms with van der Waals surface area (Å²) in [6, 6.07) is 14.2. The summed E-state index contributed by atoms with van der Waals surface area (Å²) >= 11 is 0. The van der Waals surface area contributed by atoms with E-state index in [9.17, 15) is 9.18 Å². The molecule has 0 bridgehead atoms. The van der Waals surface area contributed by atoms with Crippen molar-refractivity contribution in [1.29, 1.82) is 0 Å². The second-order valence-electron chi connectivity index (χ2n) is 4.53. The maximum atomic E-state index is 13.5. The molecule has 1 amide bonds. The number of benzene rings is 2. The molecule has 0 aromatic heterocycles. The summed E-state index contributed by atoms with van der Waals surface area (Å²) in [5.41, 5.74) is 2.38. The monoisotopic (exact) mass is 272 g/mol. The Labute approximate surface area is 117 Å². The number of anilines is 1. The van der Waals surface area contributed by atoms with Gasteiger partial charge in [-0.25, -0.2) is 4.39 Å². The van der Waals surface area contributed by atoms with Crippen molar-refractivity contribution in [3.63, 3.8) is 0 Å². The van der Waals surface area contributed by atoms with Crippen molar-refractivity contribution in [3.8, 4) is 0 Å². The van der Waals surface area contributed by atoms with Crippen LogP contribution in [0.3, 0.4) is 0 Å². The Balaban J connectivity index is 1.97. The minimum absolute atomic E-state index is 0.105. The highest BCUT2D eigenvalue weighted by Crippen LogP contribution is 2.15. The molecule has 0 radical (unpaired) electrons. The van der Waals surface area contributed by atoms with Crippen molar-refractivity contribution in [2.24, 2.45) is 0 Å². The summed E-state index contributed by atoms with van der Waals surface area (Å²) in [4.78, 5) is 11.1. The first kappa shape index (κ1) is 14.2. The number of halogens is 1. The molecule has 2 aromatic rings. The number of hydrogen-bond donors (Lipinski definition) is 2. The van der Waals surface area contributed by atoms with E-state index in [4.69, 9.17) is 0 Å². The summed E-state index contributed by atoms with van der Waals surface area (Å²) in [5.74, 6) is -0.318. The average molecular weight is 272 g/mol. The predicted octanol–water partition coefficient (Wildman–Crippen LogP) is 3.07. The second-order valence-corrected chi connectivity index (χ2v) is 4.53. The first-order valence-corrected chi connectivity index (χ1v) is 6.46. The molecule has 0 aliphatic rings. The lowest BCUT2D eigenvalue weighted by Crippen LogP contribution is -2.16. The fourth-order valence-corrected chi connectivity index (χ4v) is 1.96. The number of para-hydroxylation sites is 1. The van der Waals surface area contributed by atoms with E-state index in [0.29, 0.717) is 18.7 Å². The first-order valence-electron chi connectivity index (χ1n) is 6.46. The van der Waals surface area contributed by atoms with Gasteiger partial charge in [-0.05, 0) is 17.7 Å². The number of rotatable bonds is 5. The third-order valence-electron chi connectivity index (χ3n) is 2.92. The molecule has 0 atom stereocenters. The van der Waals surface area contributed by atoms with Crippen LogP contribution in [0.5, 0.6) is 0 Å². The van der Waals surface area contributed by atoms with Crippen LogP contribution in [0.1, 0.15) is 18.1 Å². The molecule has 2 aromatic carbocycles. The highest BCUT2D eigenvalue weighted by atomic mass is 19.1. The van der Waals surface area contributed by atoms with Gasteiger partial charge in [0.25, 0.3) is 0 Å². The van der Waals surface area contributed by atoms with E-state index >= 15 is 0 Å². The average Bonchev–Trinajstić information content (AvgIpc) is 2.42. The molecule has 0 unspecified atom stereocenters. The van der Waals surface area contributed by atoms with E-state index in [1.54, 1.807) is 12.1 Å².